The van der Waals surface area contributed by atoms with Crippen LogP contribution in [0.4, 0.5) is 5.69 Å². The first-order valence-electron chi connectivity index (χ1n) is 6.98. The summed E-state index contributed by atoms with van der Waals surface area (Å²) in [5.41, 5.74) is 0.810. The molecule has 0 radical (unpaired) electrons. The normalized spacial score (nSPS) is 27.5. The number of hydrogen-bond donors (Lipinski definition) is 2. The second-order valence-corrected chi connectivity index (χ2v) is 6.01. The number of H-pyrrole nitrogens is 1. The average molecular weight is 264 g/mol. The highest BCUT2D eigenvalue weighted by molar-refractivity contribution is 5.39. The van der Waals surface area contributed by atoms with Crippen LogP contribution >= 0.6 is 0 Å². The van der Waals surface area contributed by atoms with E-state index < -0.39 is 0 Å². The smallest absolute Gasteiger partial charge is 0.266 e. The molecule has 19 heavy (non-hydrogen) atoms. The van der Waals surface area contributed by atoms with Gasteiger partial charge in [0.25, 0.3) is 5.56 Å². The number of aromatic amines is 1. The summed E-state index contributed by atoms with van der Waals surface area (Å²) >= 11 is 0. The quantitative estimate of drug-likeness (QED) is 0.869. The molecule has 0 aliphatic heterocycles. The van der Waals surface area contributed by atoms with Crippen LogP contribution in [0.2, 0.25) is 0 Å². The maximum absolute atomic E-state index is 11.2. The molecule has 1 fully saturated rings. The van der Waals surface area contributed by atoms with E-state index in [9.17, 15) is 4.79 Å². The molecular formula is C14H24N4O. The molecule has 5 nitrogen and oxygen atoms in total. The van der Waals surface area contributed by atoms with Crippen molar-refractivity contribution in [1.82, 2.24) is 15.1 Å². The van der Waals surface area contributed by atoms with Gasteiger partial charge >= 0.3 is 0 Å². The Morgan fingerprint density at radius 1 is 1.58 bits per heavy atom. The van der Waals surface area contributed by atoms with E-state index in [-0.39, 0.29) is 11.1 Å². The lowest BCUT2D eigenvalue weighted by Crippen LogP contribution is -2.52. The fraction of sp³-hybridized carbons (Fsp3) is 0.714. The van der Waals surface area contributed by atoms with E-state index in [0.717, 1.165) is 18.2 Å². The molecular weight excluding hydrogens is 240 g/mol. The van der Waals surface area contributed by atoms with E-state index in [2.05, 4.69) is 41.4 Å². The van der Waals surface area contributed by atoms with Gasteiger partial charge in [-0.15, -0.1) is 0 Å². The minimum atomic E-state index is -0.166. The molecule has 1 saturated carbocycles. The summed E-state index contributed by atoms with van der Waals surface area (Å²) in [6, 6.07) is 1.56. The Morgan fingerprint density at radius 2 is 2.37 bits per heavy atom. The van der Waals surface area contributed by atoms with Crippen LogP contribution in [0, 0.1) is 5.92 Å². The summed E-state index contributed by atoms with van der Waals surface area (Å²) < 4.78 is 0. The SMILES string of the molecule is CC1CCCC(CNc2cn[nH]c(=O)c2)(N(C)C)C1. The van der Waals surface area contributed by atoms with Crippen LogP contribution in [0.1, 0.15) is 32.6 Å². The van der Waals surface area contributed by atoms with E-state index in [0.29, 0.717) is 0 Å². The third kappa shape index (κ3) is 3.35. The molecule has 1 aromatic rings. The standard InChI is InChI=1S/C14H24N4O/c1-11-5-4-6-14(8-11,18(2)3)10-15-12-7-13(19)17-16-9-12/h7,9,11H,4-6,8,10H2,1-3H3,(H2,15,17,19). The average Bonchev–Trinajstić information content (AvgIpc) is 2.36. The Hall–Kier alpha value is -1.36. The van der Waals surface area contributed by atoms with Gasteiger partial charge in [-0.05, 0) is 32.9 Å². The first-order chi connectivity index (χ1) is 9.02. The van der Waals surface area contributed by atoms with Gasteiger partial charge in [0.15, 0.2) is 0 Å². The third-order valence-corrected chi connectivity index (χ3v) is 4.30. The topological polar surface area (TPSA) is 61.0 Å². The monoisotopic (exact) mass is 264 g/mol. The predicted molar refractivity (Wildman–Crippen MR) is 77.4 cm³/mol. The Bertz CT molecular complexity index is 471. The maximum atomic E-state index is 11.2. The van der Waals surface area contributed by atoms with Crippen LogP contribution < -0.4 is 10.9 Å². The molecule has 2 N–H and O–H groups in total. The number of anilines is 1. The lowest BCUT2D eigenvalue weighted by molar-refractivity contribution is 0.0882. The Labute approximate surface area is 114 Å². The van der Waals surface area contributed by atoms with Gasteiger partial charge in [0.1, 0.15) is 0 Å². The second kappa shape index (κ2) is 5.74. The Kier molecular flexibility index (Phi) is 4.24. The molecule has 0 bridgehead atoms. The molecule has 106 valence electrons. The van der Waals surface area contributed by atoms with Crippen molar-refractivity contribution in [3.8, 4) is 0 Å². The number of rotatable bonds is 4. The van der Waals surface area contributed by atoms with Crippen molar-refractivity contribution in [1.29, 1.82) is 0 Å². The minimum absolute atomic E-state index is 0.166. The molecule has 0 saturated heterocycles. The van der Waals surface area contributed by atoms with E-state index in [1.807, 2.05) is 0 Å². The summed E-state index contributed by atoms with van der Waals surface area (Å²) in [5, 5.41) is 9.58. The molecule has 2 atom stereocenters. The fourth-order valence-corrected chi connectivity index (χ4v) is 3.10. The number of nitrogens with one attached hydrogen (secondary N) is 2. The summed E-state index contributed by atoms with van der Waals surface area (Å²) in [6.07, 6.45) is 6.66. The van der Waals surface area contributed by atoms with Crippen molar-refractivity contribution in [2.24, 2.45) is 5.92 Å². The van der Waals surface area contributed by atoms with Crippen molar-refractivity contribution in [3.63, 3.8) is 0 Å². The molecule has 1 aliphatic carbocycles. The maximum Gasteiger partial charge on any atom is 0.266 e. The molecule has 1 aliphatic rings. The Morgan fingerprint density at radius 3 is 3.00 bits per heavy atom. The van der Waals surface area contributed by atoms with Crippen LogP contribution in [0.3, 0.4) is 0 Å². The van der Waals surface area contributed by atoms with Gasteiger partial charge in [-0.1, -0.05) is 19.8 Å². The molecule has 1 heterocycles. The van der Waals surface area contributed by atoms with Crippen molar-refractivity contribution in [3.05, 3.63) is 22.6 Å². The highest BCUT2D eigenvalue weighted by Crippen LogP contribution is 2.35. The zero-order valence-electron chi connectivity index (χ0n) is 12.1. The summed E-state index contributed by atoms with van der Waals surface area (Å²) in [4.78, 5) is 13.6. The van der Waals surface area contributed by atoms with Crippen LogP contribution in [-0.4, -0.2) is 41.3 Å². The van der Waals surface area contributed by atoms with E-state index in [1.54, 1.807) is 12.3 Å². The number of hydrogen-bond acceptors (Lipinski definition) is 4. The molecule has 2 unspecified atom stereocenters. The Balaban J connectivity index is 2.07. The van der Waals surface area contributed by atoms with Crippen LogP contribution in [0.5, 0.6) is 0 Å². The van der Waals surface area contributed by atoms with Crippen molar-refractivity contribution >= 4 is 5.69 Å². The molecule has 0 aromatic carbocycles. The lowest BCUT2D eigenvalue weighted by atomic mass is 9.75. The van der Waals surface area contributed by atoms with Gasteiger partial charge in [-0.25, -0.2) is 5.10 Å². The third-order valence-electron chi connectivity index (χ3n) is 4.30. The van der Waals surface area contributed by atoms with Crippen molar-refractivity contribution in [2.45, 2.75) is 38.1 Å². The van der Waals surface area contributed by atoms with Crippen molar-refractivity contribution < 1.29 is 0 Å². The summed E-state index contributed by atoms with van der Waals surface area (Å²) in [6.45, 7) is 3.18. The van der Waals surface area contributed by atoms with Gasteiger partial charge in [0.2, 0.25) is 0 Å². The van der Waals surface area contributed by atoms with Crippen LogP contribution in [0.15, 0.2) is 17.1 Å². The molecule has 5 heteroatoms. The minimum Gasteiger partial charge on any atom is -0.382 e. The molecule has 2 rings (SSSR count). The van der Waals surface area contributed by atoms with E-state index >= 15 is 0 Å². The summed E-state index contributed by atoms with van der Waals surface area (Å²) in [5.74, 6) is 0.759. The first kappa shape index (κ1) is 14.1. The van der Waals surface area contributed by atoms with Gasteiger partial charge in [-0.2, -0.15) is 5.10 Å². The van der Waals surface area contributed by atoms with Crippen LogP contribution in [-0.2, 0) is 0 Å². The van der Waals surface area contributed by atoms with E-state index in [1.165, 1.54) is 25.7 Å². The van der Waals surface area contributed by atoms with Gasteiger partial charge < -0.3 is 10.2 Å². The van der Waals surface area contributed by atoms with Gasteiger partial charge in [0.05, 0.1) is 11.9 Å². The second-order valence-electron chi connectivity index (χ2n) is 6.01. The number of aromatic nitrogens is 2. The largest absolute Gasteiger partial charge is 0.382 e. The molecule has 0 spiro atoms. The highest BCUT2D eigenvalue weighted by atomic mass is 16.1. The number of nitrogens with zero attached hydrogens (tertiary/aromatic N) is 2. The van der Waals surface area contributed by atoms with Gasteiger partial charge in [-0.3, -0.25) is 4.79 Å². The highest BCUT2D eigenvalue weighted by Gasteiger charge is 2.36. The van der Waals surface area contributed by atoms with Crippen LogP contribution in [0.25, 0.3) is 0 Å². The fourth-order valence-electron chi connectivity index (χ4n) is 3.10. The van der Waals surface area contributed by atoms with Crippen molar-refractivity contribution in [2.75, 3.05) is 26.0 Å². The van der Waals surface area contributed by atoms with Gasteiger partial charge in [0, 0.05) is 18.2 Å². The zero-order valence-corrected chi connectivity index (χ0v) is 12.1. The molecule has 1 aromatic heterocycles. The van der Waals surface area contributed by atoms with E-state index in [4.69, 9.17) is 0 Å². The first-order valence-corrected chi connectivity index (χ1v) is 6.98. The zero-order chi connectivity index (χ0) is 13.9. The summed E-state index contributed by atoms with van der Waals surface area (Å²) in [7, 11) is 4.30. The lowest BCUT2D eigenvalue weighted by Gasteiger charge is -2.45. The molecule has 0 amide bonds. The number of likely N-dealkylation sites (N-methyl/N-ethyl adjacent to an activating group) is 1. The predicted octanol–water partition coefficient (Wildman–Crippen LogP) is 1.69.